The van der Waals surface area contributed by atoms with Gasteiger partial charge < -0.3 is 5.11 Å². The number of nitriles is 1. The Hall–Kier alpha value is -1.43. The third-order valence-electron chi connectivity index (χ3n) is 2.25. The first-order chi connectivity index (χ1) is 8.28. The summed E-state index contributed by atoms with van der Waals surface area (Å²) in [4.78, 5) is 10.6. The molecule has 1 unspecified atom stereocenters. The Morgan fingerprint density at radius 1 is 1.67 bits per heavy atom. The van der Waals surface area contributed by atoms with Crippen molar-refractivity contribution in [3.05, 3.63) is 16.3 Å². The maximum atomic E-state index is 12.0. The summed E-state index contributed by atoms with van der Waals surface area (Å²) in [7, 11) is -2.37. The summed E-state index contributed by atoms with van der Waals surface area (Å²) in [5.41, 5.74) is 0. The zero-order chi connectivity index (χ0) is 13.9. The van der Waals surface area contributed by atoms with Gasteiger partial charge in [0.05, 0.1) is 16.9 Å². The second-order valence-electron chi connectivity index (χ2n) is 3.77. The zero-order valence-corrected chi connectivity index (χ0v) is 11.5. The molecule has 1 aromatic heterocycles. The Morgan fingerprint density at radius 2 is 2.28 bits per heavy atom. The van der Waals surface area contributed by atoms with E-state index in [0.717, 1.165) is 21.7 Å². The lowest BCUT2D eigenvalue weighted by atomic mass is 10.2. The molecule has 6 nitrogen and oxygen atoms in total. The first kappa shape index (κ1) is 14.6. The molecule has 1 rings (SSSR count). The van der Waals surface area contributed by atoms with Crippen LogP contribution in [0.15, 0.2) is 16.3 Å². The van der Waals surface area contributed by atoms with Gasteiger partial charge >= 0.3 is 5.97 Å². The van der Waals surface area contributed by atoms with Crippen LogP contribution >= 0.6 is 11.3 Å². The Labute approximate surface area is 109 Å². The van der Waals surface area contributed by atoms with Gasteiger partial charge in [0.2, 0.25) is 10.0 Å². The van der Waals surface area contributed by atoms with Gasteiger partial charge in [-0.15, -0.1) is 11.3 Å². The van der Waals surface area contributed by atoms with Crippen molar-refractivity contribution in [2.24, 2.45) is 5.92 Å². The second kappa shape index (κ2) is 5.48. The quantitative estimate of drug-likeness (QED) is 0.878. The highest BCUT2D eigenvalue weighted by molar-refractivity contribution is 7.89. The number of hydrogen-bond acceptors (Lipinski definition) is 5. The van der Waals surface area contributed by atoms with Crippen LogP contribution in [0.25, 0.3) is 0 Å². The average Bonchev–Trinajstić information content (AvgIpc) is 2.78. The predicted molar refractivity (Wildman–Crippen MR) is 65.9 cm³/mol. The number of nitrogens with zero attached hydrogens (tertiary/aromatic N) is 2. The lowest BCUT2D eigenvalue weighted by molar-refractivity contribution is 0.0702. The van der Waals surface area contributed by atoms with Crippen molar-refractivity contribution in [2.45, 2.75) is 11.8 Å². The van der Waals surface area contributed by atoms with Crippen LogP contribution in [-0.4, -0.2) is 37.4 Å². The third-order valence-corrected chi connectivity index (χ3v) is 5.11. The molecule has 0 saturated heterocycles. The van der Waals surface area contributed by atoms with E-state index in [0.29, 0.717) is 0 Å². The monoisotopic (exact) mass is 288 g/mol. The number of thiophene rings is 1. The number of rotatable bonds is 5. The van der Waals surface area contributed by atoms with Gasteiger partial charge in [-0.3, -0.25) is 0 Å². The van der Waals surface area contributed by atoms with E-state index in [9.17, 15) is 13.2 Å². The number of carboxylic acid groups (broad SMARTS) is 1. The van der Waals surface area contributed by atoms with Gasteiger partial charge in [0.25, 0.3) is 0 Å². The molecule has 0 radical (unpaired) electrons. The second-order valence-corrected chi connectivity index (χ2v) is 6.72. The summed E-state index contributed by atoms with van der Waals surface area (Å²) in [5, 5.41) is 18.7. The third kappa shape index (κ3) is 3.07. The number of carboxylic acids is 1. The van der Waals surface area contributed by atoms with Crippen LogP contribution in [0.4, 0.5) is 0 Å². The van der Waals surface area contributed by atoms with Crippen molar-refractivity contribution in [3.8, 4) is 6.07 Å². The smallest absolute Gasteiger partial charge is 0.345 e. The van der Waals surface area contributed by atoms with Crippen molar-refractivity contribution in [2.75, 3.05) is 13.6 Å². The molecule has 18 heavy (non-hydrogen) atoms. The molecule has 0 saturated carbocycles. The SMILES string of the molecule is CC(C#N)CN(C)S(=O)(=O)c1csc(C(=O)O)c1. The summed E-state index contributed by atoms with van der Waals surface area (Å²) in [6.45, 7) is 1.68. The zero-order valence-electron chi connectivity index (χ0n) is 9.82. The molecular weight excluding hydrogens is 276 g/mol. The molecule has 1 aromatic rings. The van der Waals surface area contributed by atoms with Gasteiger partial charge in [-0.1, -0.05) is 0 Å². The van der Waals surface area contributed by atoms with E-state index in [4.69, 9.17) is 10.4 Å². The number of carbonyl (C=O) groups is 1. The molecule has 0 spiro atoms. The van der Waals surface area contributed by atoms with Gasteiger partial charge in [-0.25, -0.2) is 13.2 Å². The Balaban J connectivity index is 2.99. The Bertz CT molecular complexity index is 585. The first-order valence-corrected chi connectivity index (χ1v) is 7.28. The van der Waals surface area contributed by atoms with E-state index in [-0.39, 0.29) is 16.3 Å². The molecule has 0 bridgehead atoms. The maximum absolute atomic E-state index is 12.0. The fraction of sp³-hybridized carbons (Fsp3) is 0.400. The molecule has 1 heterocycles. The van der Waals surface area contributed by atoms with Crippen molar-refractivity contribution >= 4 is 27.3 Å². The van der Waals surface area contributed by atoms with Gasteiger partial charge in [-0.2, -0.15) is 9.57 Å². The fourth-order valence-electron chi connectivity index (χ4n) is 1.27. The molecule has 98 valence electrons. The van der Waals surface area contributed by atoms with Crippen LogP contribution in [0.3, 0.4) is 0 Å². The van der Waals surface area contributed by atoms with Gasteiger partial charge in [0.15, 0.2) is 0 Å². The van der Waals surface area contributed by atoms with Crippen LogP contribution in [-0.2, 0) is 10.0 Å². The first-order valence-electron chi connectivity index (χ1n) is 4.96. The van der Waals surface area contributed by atoms with Crippen LogP contribution in [0.1, 0.15) is 16.6 Å². The standard InChI is InChI=1S/C10H12N2O4S2/c1-7(4-11)5-12(2)18(15,16)8-3-9(10(13)14)17-6-8/h3,6-7H,5H2,1-2H3,(H,13,14). The van der Waals surface area contributed by atoms with Crippen molar-refractivity contribution in [1.82, 2.24) is 4.31 Å². The molecule has 0 aliphatic carbocycles. The van der Waals surface area contributed by atoms with Gasteiger partial charge in [0, 0.05) is 19.0 Å². The maximum Gasteiger partial charge on any atom is 0.345 e. The molecule has 1 atom stereocenters. The fourth-order valence-corrected chi connectivity index (χ4v) is 3.63. The normalized spacial score (nSPS) is 13.2. The van der Waals surface area contributed by atoms with Crippen LogP contribution in [0.2, 0.25) is 0 Å². The number of hydrogen-bond donors (Lipinski definition) is 1. The van der Waals surface area contributed by atoms with E-state index < -0.39 is 21.9 Å². The largest absolute Gasteiger partial charge is 0.477 e. The lowest BCUT2D eigenvalue weighted by Gasteiger charge is -2.17. The molecule has 0 aromatic carbocycles. The van der Waals surface area contributed by atoms with Crippen LogP contribution < -0.4 is 0 Å². The molecule has 1 N–H and O–H groups in total. The summed E-state index contributed by atoms with van der Waals surface area (Å²) in [5.74, 6) is -1.59. The topological polar surface area (TPSA) is 98.5 Å². The predicted octanol–water partition coefficient (Wildman–Crippen LogP) is 1.23. The molecule has 0 amide bonds. The summed E-state index contributed by atoms with van der Waals surface area (Å²) >= 11 is 0.856. The Kier molecular flexibility index (Phi) is 4.45. The van der Waals surface area contributed by atoms with Crippen molar-refractivity contribution in [1.29, 1.82) is 5.26 Å². The lowest BCUT2D eigenvalue weighted by Crippen LogP contribution is -2.30. The van der Waals surface area contributed by atoms with Crippen molar-refractivity contribution < 1.29 is 18.3 Å². The van der Waals surface area contributed by atoms with Crippen LogP contribution in [0, 0.1) is 17.2 Å². The van der Waals surface area contributed by atoms with E-state index >= 15 is 0 Å². The number of aromatic carboxylic acids is 1. The molecule has 8 heteroatoms. The molecule has 0 aliphatic rings. The summed E-state index contributed by atoms with van der Waals surface area (Å²) in [6, 6.07) is 3.07. The van der Waals surface area contributed by atoms with E-state index in [2.05, 4.69) is 0 Å². The van der Waals surface area contributed by atoms with Gasteiger partial charge in [-0.05, 0) is 13.0 Å². The molecular formula is C10H12N2O4S2. The van der Waals surface area contributed by atoms with Gasteiger partial charge in [0.1, 0.15) is 4.88 Å². The Morgan fingerprint density at radius 3 is 2.72 bits per heavy atom. The average molecular weight is 288 g/mol. The minimum absolute atomic E-state index is 0.0321. The van der Waals surface area contributed by atoms with E-state index in [1.807, 2.05) is 6.07 Å². The minimum Gasteiger partial charge on any atom is -0.477 e. The van der Waals surface area contributed by atoms with E-state index in [1.165, 1.54) is 12.4 Å². The number of sulfonamides is 1. The minimum atomic E-state index is -3.73. The summed E-state index contributed by atoms with van der Waals surface area (Å²) in [6.07, 6.45) is 0. The highest BCUT2D eigenvalue weighted by Crippen LogP contribution is 2.22. The van der Waals surface area contributed by atoms with Crippen molar-refractivity contribution in [3.63, 3.8) is 0 Å². The highest BCUT2D eigenvalue weighted by Gasteiger charge is 2.24. The molecule has 0 fully saturated rings. The summed E-state index contributed by atoms with van der Waals surface area (Å²) < 4.78 is 25.1. The van der Waals surface area contributed by atoms with Crippen LogP contribution in [0.5, 0.6) is 0 Å². The van der Waals surface area contributed by atoms with E-state index in [1.54, 1.807) is 6.92 Å². The molecule has 0 aliphatic heterocycles. The highest BCUT2D eigenvalue weighted by atomic mass is 32.2.